The summed E-state index contributed by atoms with van der Waals surface area (Å²) in [5.74, 6) is 0. The van der Waals surface area contributed by atoms with Crippen molar-refractivity contribution in [3.05, 3.63) is 68.5 Å². The number of fused-ring (bicyclic) bond motifs is 2. The number of carbonyl (C=O) groups is 1. The van der Waals surface area contributed by atoms with Gasteiger partial charge in [-0.2, -0.15) is 5.10 Å². The summed E-state index contributed by atoms with van der Waals surface area (Å²) in [5, 5.41) is 18.9. The van der Waals surface area contributed by atoms with Gasteiger partial charge >= 0.3 is 0 Å². The fourth-order valence-electron chi connectivity index (χ4n) is 5.65. The minimum atomic E-state index is -0.250. The molecule has 7 rings (SSSR count). The fraction of sp³-hybridized carbons (Fsp3) is 0.379. The van der Waals surface area contributed by atoms with Gasteiger partial charge in [0, 0.05) is 64.7 Å². The van der Waals surface area contributed by atoms with Crippen molar-refractivity contribution in [2.24, 2.45) is 0 Å². The largest absolute Gasteiger partial charge is 0.483 e. The molecule has 1 saturated carbocycles. The summed E-state index contributed by atoms with van der Waals surface area (Å²) in [6, 6.07) is 11.1. The normalized spacial score (nSPS) is 16.9. The molecular formula is C29H31ClN6O3S. The molecule has 0 spiro atoms. The average molecular weight is 579 g/mol. The Morgan fingerprint density at radius 2 is 2.00 bits per heavy atom. The van der Waals surface area contributed by atoms with Crippen LogP contribution in [0.1, 0.15) is 36.1 Å². The number of aromatic nitrogens is 3. The van der Waals surface area contributed by atoms with E-state index in [-0.39, 0.29) is 12.0 Å². The second-order valence-electron chi connectivity index (χ2n) is 10.5. The monoisotopic (exact) mass is 578 g/mol. The third-order valence-corrected chi connectivity index (χ3v) is 9.25. The Bertz CT molecular complexity index is 1600. The molecule has 3 aromatic heterocycles. The molecule has 9 nitrogen and oxygen atoms in total. The van der Waals surface area contributed by atoms with Gasteiger partial charge in [-0.15, -0.1) is 11.3 Å². The third-order valence-electron chi connectivity index (χ3n) is 7.89. The van der Waals surface area contributed by atoms with Gasteiger partial charge in [0.05, 0.1) is 34.7 Å². The summed E-state index contributed by atoms with van der Waals surface area (Å²) >= 11 is 8.33. The molecule has 0 radical (unpaired) electrons. The Kier molecular flexibility index (Phi) is 7.73. The molecule has 5 heterocycles. The molecule has 0 unspecified atom stereocenters. The molecule has 2 fully saturated rings. The molecule has 0 amide bonds. The highest BCUT2D eigenvalue weighted by Crippen LogP contribution is 2.44. The quantitative estimate of drug-likeness (QED) is 0.284. The number of rotatable bonds is 6. The van der Waals surface area contributed by atoms with Crippen molar-refractivity contribution in [1.29, 1.82) is 0 Å². The Hall–Kier alpha value is -3.47. The van der Waals surface area contributed by atoms with E-state index >= 15 is 0 Å². The van der Waals surface area contributed by atoms with Gasteiger partial charge < -0.3 is 20.6 Å². The van der Waals surface area contributed by atoms with Crippen molar-refractivity contribution in [2.45, 2.75) is 50.7 Å². The SMILES string of the molecule is O=CO.O=c1cc(NC2CCC2)cnn1Cc1cc2nccc(-c3cc(Cl)cc4c3N(C3CNC3)CCC4)c2s1. The van der Waals surface area contributed by atoms with Crippen LogP contribution in [0.4, 0.5) is 11.4 Å². The Morgan fingerprint density at radius 1 is 1.18 bits per heavy atom. The molecule has 1 aliphatic carbocycles. The molecule has 3 N–H and O–H groups in total. The van der Waals surface area contributed by atoms with Crippen molar-refractivity contribution in [2.75, 3.05) is 29.9 Å². The van der Waals surface area contributed by atoms with Crippen LogP contribution in [0.25, 0.3) is 21.3 Å². The molecule has 4 aromatic rings. The minimum Gasteiger partial charge on any atom is -0.483 e. The van der Waals surface area contributed by atoms with Crippen molar-refractivity contribution >= 4 is 51.0 Å². The molecule has 2 aliphatic heterocycles. The lowest BCUT2D eigenvalue weighted by atomic mass is 9.92. The number of thiophene rings is 1. The van der Waals surface area contributed by atoms with Gasteiger partial charge in [0.1, 0.15) is 0 Å². The number of aryl methyl sites for hydroxylation is 1. The summed E-state index contributed by atoms with van der Waals surface area (Å²) < 4.78 is 2.65. The van der Waals surface area contributed by atoms with E-state index in [1.165, 1.54) is 27.9 Å². The molecular weight excluding hydrogens is 548 g/mol. The van der Waals surface area contributed by atoms with Gasteiger partial charge in [0.25, 0.3) is 12.0 Å². The van der Waals surface area contributed by atoms with Gasteiger partial charge in [-0.3, -0.25) is 14.6 Å². The summed E-state index contributed by atoms with van der Waals surface area (Å²) in [4.78, 5) is 29.4. The maximum Gasteiger partial charge on any atom is 0.290 e. The zero-order chi connectivity index (χ0) is 27.6. The van der Waals surface area contributed by atoms with Crippen LogP contribution in [0.15, 0.2) is 47.5 Å². The van der Waals surface area contributed by atoms with Gasteiger partial charge in [0.15, 0.2) is 0 Å². The summed E-state index contributed by atoms with van der Waals surface area (Å²) in [5.41, 5.74) is 6.63. The first-order valence-corrected chi connectivity index (χ1v) is 14.8. The summed E-state index contributed by atoms with van der Waals surface area (Å²) in [6.45, 7) is 3.29. The van der Waals surface area contributed by atoms with Crippen LogP contribution in [0.3, 0.4) is 0 Å². The van der Waals surface area contributed by atoms with E-state index in [1.807, 2.05) is 6.20 Å². The second-order valence-corrected chi connectivity index (χ2v) is 12.0. The average Bonchev–Trinajstić information content (AvgIpc) is 3.29. The van der Waals surface area contributed by atoms with Gasteiger partial charge in [-0.1, -0.05) is 11.6 Å². The number of hydrogen-bond donors (Lipinski definition) is 3. The number of nitrogens with zero attached hydrogens (tertiary/aromatic N) is 4. The van der Waals surface area contributed by atoms with Gasteiger partial charge in [0.2, 0.25) is 0 Å². The van der Waals surface area contributed by atoms with Crippen LogP contribution in [0.2, 0.25) is 5.02 Å². The summed E-state index contributed by atoms with van der Waals surface area (Å²) in [6.07, 6.45) is 9.40. The first-order chi connectivity index (χ1) is 19.5. The summed E-state index contributed by atoms with van der Waals surface area (Å²) in [7, 11) is 0. The fourth-order valence-corrected chi connectivity index (χ4v) is 7.01. The topological polar surface area (TPSA) is 112 Å². The highest BCUT2D eigenvalue weighted by Gasteiger charge is 2.31. The first-order valence-electron chi connectivity index (χ1n) is 13.6. The van der Waals surface area contributed by atoms with Crippen LogP contribution in [-0.4, -0.2) is 58.1 Å². The van der Waals surface area contributed by atoms with Crippen molar-refractivity contribution in [3.63, 3.8) is 0 Å². The maximum absolute atomic E-state index is 12.8. The molecule has 208 valence electrons. The third kappa shape index (κ3) is 5.31. The lowest BCUT2D eigenvalue weighted by Gasteiger charge is -2.44. The van der Waals surface area contributed by atoms with Crippen LogP contribution in [0, 0.1) is 0 Å². The van der Waals surface area contributed by atoms with Crippen LogP contribution < -0.4 is 21.1 Å². The van der Waals surface area contributed by atoms with E-state index in [1.54, 1.807) is 23.6 Å². The van der Waals surface area contributed by atoms with Crippen molar-refractivity contribution in [1.82, 2.24) is 20.1 Å². The number of hydrogen-bond acceptors (Lipinski definition) is 8. The Balaban J connectivity index is 0.000000925. The van der Waals surface area contributed by atoms with Crippen molar-refractivity contribution < 1.29 is 9.90 Å². The first kappa shape index (κ1) is 26.7. The van der Waals surface area contributed by atoms with E-state index in [9.17, 15) is 4.79 Å². The highest BCUT2D eigenvalue weighted by molar-refractivity contribution is 7.19. The standard InChI is InChI=1S/C28H29ClN6OS.CH2O2/c29-18-9-17-3-2-8-34(21-14-30-15-21)27(17)24(10-18)23-6-7-31-25-12-22(37-28(23)25)16-35-26(36)11-20(13-32-35)33-19-4-1-5-19;2-1-3/h6-7,9-13,19,21,30,33H,1-5,8,14-16H2;1H,(H,2,3). The van der Waals surface area contributed by atoms with E-state index in [2.05, 4.69) is 49.9 Å². The lowest BCUT2D eigenvalue weighted by Crippen LogP contribution is -2.58. The Labute approximate surface area is 240 Å². The predicted molar refractivity (Wildman–Crippen MR) is 160 cm³/mol. The molecule has 11 heteroatoms. The molecule has 1 aromatic carbocycles. The Morgan fingerprint density at radius 3 is 2.70 bits per heavy atom. The smallest absolute Gasteiger partial charge is 0.290 e. The van der Waals surface area contributed by atoms with Gasteiger partial charge in [-0.05, 0) is 61.9 Å². The second kappa shape index (κ2) is 11.6. The maximum atomic E-state index is 12.8. The lowest BCUT2D eigenvalue weighted by molar-refractivity contribution is -0.122. The van der Waals surface area contributed by atoms with E-state index in [0.29, 0.717) is 18.6 Å². The molecule has 0 atom stereocenters. The number of carboxylic acid groups (broad SMARTS) is 1. The van der Waals surface area contributed by atoms with Gasteiger partial charge in [-0.25, -0.2) is 4.68 Å². The van der Waals surface area contributed by atoms with E-state index in [0.717, 1.165) is 76.7 Å². The molecule has 40 heavy (non-hydrogen) atoms. The minimum absolute atomic E-state index is 0.0939. The highest BCUT2D eigenvalue weighted by atomic mass is 35.5. The van der Waals surface area contributed by atoms with Crippen LogP contribution in [0.5, 0.6) is 0 Å². The zero-order valence-corrected chi connectivity index (χ0v) is 23.5. The zero-order valence-electron chi connectivity index (χ0n) is 22.0. The molecule has 1 saturated heterocycles. The molecule has 3 aliphatic rings. The predicted octanol–water partition coefficient (Wildman–Crippen LogP) is 4.61. The number of nitrogens with one attached hydrogen (secondary N) is 2. The van der Waals surface area contributed by atoms with E-state index in [4.69, 9.17) is 21.5 Å². The number of pyridine rings is 1. The van der Waals surface area contributed by atoms with Crippen molar-refractivity contribution in [3.8, 4) is 11.1 Å². The number of benzene rings is 1. The number of anilines is 2. The van der Waals surface area contributed by atoms with Crippen LogP contribution >= 0.6 is 22.9 Å². The number of halogens is 1. The molecule has 0 bridgehead atoms. The van der Waals surface area contributed by atoms with Crippen LogP contribution in [-0.2, 0) is 17.8 Å². The van der Waals surface area contributed by atoms with E-state index < -0.39 is 0 Å².